The first-order valence-electron chi connectivity index (χ1n) is 8.30. The molecule has 1 aromatic heterocycles. The van der Waals surface area contributed by atoms with E-state index in [0.29, 0.717) is 24.6 Å². The molecule has 0 saturated carbocycles. The minimum absolute atomic E-state index is 0.0962. The second-order valence-corrected chi connectivity index (χ2v) is 6.04. The van der Waals surface area contributed by atoms with E-state index in [9.17, 15) is 4.79 Å². The van der Waals surface area contributed by atoms with Gasteiger partial charge in [-0.1, -0.05) is 36.4 Å². The molecule has 1 atom stereocenters. The van der Waals surface area contributed by atoms with Crippen molar-refractivity contribution in [1.82, 2.24) is 5.32 Å². The number of fused-ring (bicyclic) bond motifs is 2. The first-order chi connectivity index (χ1) is 12.3. The first-order valence-corrected chi connectivity index (χ1v) is 8.30. The summed E-state index contributed by atoms with van der Waals surface area (Å²) in [4.78, 5) is 12.9. The fourth-order valence-corrected chi connectivity index (χ4v) is 3.29. The van der Waals surface area contributed by atoms with Gasteiger partial charge in [0.25, 0.3) is 5.91 Å². The molecule has 0 aliphatic carbocycles. The Hall–Kier alpha value is -2.79. The summed E-state index contributed by atoms with van der Waals surface area (Å²) < 4.78 is 16.7. The van der Waals surface area contributed by atoms with Gasteiger partial charge < -0.3 is 19.2 Å². The number of benzene rings is 2. The predicted molar refractivity (Wildman–Crippen MR) is 93.7 cm³/mol. The minimum Gasteiger partial charge on any atom is -0.493 e. The fourth-order valence-electron chi connectivity index (χ4n) is 3.29. The van der Waals surface area contributed by atoms with Gasteiger partial charge in [0.1, 0.15) is 11.3 Å². The van der Waals surface area contributed by atoms with E-state index in [-0.39, 0.29) is 11.9 Å². The highest BCUT2D eigenvalue weighted by molar-refractivity contribution is 5.99. The van der Waals surface area contributed by atoms with E-state index >= 15 is 0 Å². The molecule has 2 aromatic carbocycles. The van der Waals surface area contributed by atoms with E-state index in [1.54, 1.807) is 7.11 Å². The molecule has 1 aliphatic rings. The average molecular weight is 337 g/mol. The molecule has 128 valence electrons. The number of hydrogen-bond donors (Lipinski definition) is 1. The number of carbonyl (C=O) groups excluding carboxylic acids is 1. The molecule has 0 saturated heterocycles. The van der Waals surface area contributed by atoms with Crippen LogP contribution < -0.4 is 10.1 Å². The second-order valence-electron chi connectivity index (χ2n) is 6.04. The molecule has 0 unspecified atom stereocenters. The van der Waals surface area contributed by atoms with Gasteiger partial charge in [0.05, 0.1) is 19.3 Å². The summed E-state index contributed by atoms with van der Waals surface area (Å²) in [5, 5.41) is 3.99. The second kappa shape index (κ2) is 6.61. The number of rotatable bonds is 4. The maximum atomic E-state index is 12.9. The van der Waals surface area contributed by atoms with Crippen LogP contribution >= 0.6 is 0 Å². The van der Waals surface area contributed by atoms with Crippen molar-refractivity contribution in [2.75, 3.05) is 13.7 Å². The first kappa shape index (κ1) is 15.7. The quantitative estimate of drug-likeness (QED) is 0.786. The number of carbonyl (C=O) groups is 1. The molecule has 1 aliphatic heterocycles. The van der Waals surface area contributed by atoms with Gasteiger partial charge in [-0.05, 0) is 12.1 Å². The molecule has 3 aromatic rings. The zero-order valence-electron chi connectivity index (χ0n) is 14.0. The van der Waals surface area contributed by atoms with Gasteiger partial charge in [-0.3, -0.25) is 4.79 Å². The van der Waals surface area contributed by atoms with Crippen LogP contribution in [0.2, 0.25) is 0 Å². The fraction of sp³-hybridized carbons (Fsp3) is 0.250. The van der Waals surface area contributed by atoms with Crippen LogP contribution in [0.4, 0.5) is 0 Å². The molecule has 0 radical (unpaired) electrons. The number of amides is 1. The lowest BCUT2D eigenvalue weighted by atomic mass is 10.0. The molecule has 0 spiro atoms. The monoisotopic (exact) mass is 337 g/mol. The summed E-state index contributed by atoms with van der Waals surface area (Å²) >= 11 is 0. The Bertz CT molecular complexity index is 915. The van der Waals surface area contributed by atoms with Gasteiger partial charge in [-0.15, -0.1) is 0 Å². The van der Waals surface area contributed by atoms with E-state index in [1.165, 1.54) is 0 Å². The molecule has 0 fully saturated rings. The maximum Gasteiger partial charge on any atom is 0.287 e. The number of ether oxygens (including phenoxy) is 2. The van der Waals surface area contributed by atoms with Gasteiger partial charge in [-0.2, -0.15) is 0 Å². The van der Waals surface area contributed by atoms with Gasteiger partial charge in [0.15, 0.2) is 5.76 Å². The van der Waals surface area contributed by atoms with Crippen molar-refractivity contribution in [3.63, 3.8) is 0 Å². The highest BCUT2D eigenvalue weighted by Gasteiger charge is 2.26. The Morgan fingerprint density at radius 1 is 1.20 bits per heavy atom. The summed E-state index contributed by atoms with van der Waals surface area (Å²) in [7, 11) is 1.61. The summed E-state index contributed by atoms with van der Waals surface area (Å²) in [6.45, 7) is 0.900. The molecule has 4 rings (SSSR count). The van der Waals surface area contributed by atoms with Crippen LogP contribution in [0.15, 0.2) is 52.9 Å². The Labute approximate surface area is 145 Å². The van der Waals surface area contributed by atoms with Crippen molar-refractivity contribution in [2.45, 2.75) is 19.1 Å². The standard InChI is InChI=1S/C20H19NO4/c1-23-12-15-13-6-2-5-9-18(13)25-19(15)20(22)21-16-10-11-24-17-8-4-3-7-14(16)17/h2-9,16H,10-12H2,1H3,(H,21,22)/t16-/m1/s1. The van der Waals surface area contributed by atoms with Gasteiger partial charge in [-0.25, -0.2) is 0 Å². The van der Waals surface area contributed by atoms with Crippen molar-refractivity contribution in [3.05, 3.63) is 65.4 Å². The van der Waals surface area contributed by atoms with Crippen LogP contribution in [0.25, 0.3) is 11.0 Å². The lowest BCUT2D eigenvalue weighted by Crippen LogP contribution is -2.32. The van der Waals surface area contributed by atoms with Crippen LogP contribution in [0.3, 0.4) is 0 Å². The Kier molecular flexibility index (Phi) is 4.15. The third kappa shape index (κ3) is 2.87. The topological polar surface area (TPSA) is 60.7 Å². The third-order valence-electron chi connectivity index (χ3n) is 4.46. The van der Waals surface area contributed by atoms with Crippen molar-refractivity contribution in [1.29, 1.82) is 0 Å². The molecular formula is C20H19NO4. The molecule has 0 bridgehead atoms. The number of hydrogen-bond acceptors (Lipinski definition) is 4. The Balaban J connectivity index is 1.66. The van der Waals surface area contributed by atoms with Crippen LogP contribution in [0, 0.1) is 0 Å². The lowest BCUT2D eigenvalue weighted by molar-refractivity contribution is 0.0892. The van der Waals surface area contributed by atoms with Crippen LogP contribution in [0.1, 0.15) is 34.1 Å². The van der Waals surface area contributed by atoms with Crippen LogP contribution in [0.5, 0.6) is 5.75 Å². The maximum absolute atomic E-state index is 12.9. The number of furan rings is 1. The molecule has 2 heterocycles. The SMILES string of the molecule is COCc1c(C(=O)N[C@@H]2CCOc3ccccc32)oc2ccccc12. The van der Waals surface area contributed by atoms with Crippen molar-refractivity contribution in [2.24, 2.45) is 0 Å². The van der Waals surface area contributed by atoms with Crippen LogP contribution in [-0.2, 0) is 11.3 Å². The zero-order chi connectivity index (χ0) is 17.2. The highest BCUT2D eigenvalue weighted by Crippen LogP contribution is 2.32. The minimum atomic E-state index is -0.232. The predicted octanol–water partition coefficient (Wildman–Crippen LogP) is 3.83. The van der Waals surface area contributed by atoms with Gasteiger partial charge >= 0.3 is 0 Å². The highest BCUT2D eigenvalue weighted by atomic mass is 16.5. The summed E-state index contributed by atoms with van der Waals surface area (Å²) in [6.07, 6.45) is 0.725. The molecule has 1 N–H and O–H groups in total. The zero-order valence-corrected chi connectivity index (χ0v) is 14.0. The Morgan fingerprint density at radius 2 is 2.00 bits per heavy atom. The molecular weight excluding hydrogens is 318 g/mol. The van der Waals surface area contributed by atoms with Gasteiger partial charge in [0.2, 0.25) is 0 Å². The number of para-hydroxylation sites is 2. The summed E-state index contributed by atoms with van der Waals surface area (Å²) in [5.41, 5.74) is 2.45. The molecule has 25 heavy (non-hydrogen) atoms. The average Bonchev–Trinajstić information content (AvgIpc) is 3.01. The summed E-state index contributed by atoms with van der Waals surface area (Å²) in [5.74, 6) is 0.901. The van der Waals surface area contributed by atoms with Crippen molar-refractivity contribution < 1.29 is 18.7 Å². The summed E-state index contributed by atoms with van der Waals surface area (Å²) in [6, 6.07) is 15.3. The third-order valence-corrected chi connectivity index (χ3v) is 4.46. The Morgan fingerprint density at radius 3 is 2.88 bits per heavy atom. The van der Waals surface area contributed by atoms with Crippen LogP contribution in [-0.4, -0.2) is 19.6 Å². The normalized spacial score (nSPS) is 16.3. The van der Waals surface area contributed by atoms with E-state index in [4.69, 9.17) is 13.9 Å². The van der Waals surface area contributed by atoms with E-state index < -0.39 is 0 Å². The largest absolute Gasteiger partial charge is 0.493 e. The van der Waals surface area contributed by atoms with E-state index in [0.717, 1.165) is 28.7 Å². The molecule has 5 heteroatoms. The van der Waals surface area contributed by atoms with Crippen molar-refractivity contribution >= 4 is 16.9 Å². The van der Waals surface area contributed by atoms with E-state index in [1.807, 2.05) is 48.5 Å². The smallest absolute Gasteiger partial charge is 0.287 e. The van der Waals surface area contributed by atoms with Gasteiger partial charge in [0, 0.05) is 30.0 Å². The van der Waals surface area contributed by atoms with Crippen molar-refractivity contribution in [3.8, 4) is 5.75 Å². The number of nitrogens with one attached hydrogen (secondary N) is 1. The van der Waals surface area contributed by atoms with E-state index in [2.05, 4.69) is 5.32 Å². The lowest BCUT2D eigenvalue weighted by Gasteiger charge is -2.26. The molecule has 5 nitrogen and oxygen atoms in total. The molecule has 1 amide bonds. The number of methoxy groups -OCH3 is 1.